The highest BCUT2D eigenvalue weighted by Gasteiger charge is 2.10. The number of esters is 2. The Morgan fingerprint density at radius 1 is 1.17 bits per heavy atom. The maximum Gasteiger partial charge on any atom is 0.331 e. The molecule has 126 valence electrons. The van der Waals surface area contributed by atoms with Crippen molar-refractivity contribution >= 4 is 34.4 Å². The summed E-state index contributed by atoms with van der Waals surface area (Å²) in [5.74, 6) is -1.25. The van der Waals surface area contributed by atoms with E-state index in [-0.39, 0.29) is 13.2 Å². The first-order chi connectivity index (χ1) is 11.4. The van der Waals surface area contributed by atoms with Gasteiger partial charge in [0.05, 0.1) is 12.1 Å². The van der Waals surface area contributed by atoms with E-state index in [1.807, 2.05) is 32.0 Å². The molecule has 0 aliphatic rings. The molecule has 5 nitrogen and oxygen atoms in total. The molecule has 0 aliphatic carbocycles. The van der Waals surface area contributed by atoms with Crippen LogP contribution in [0, 0.1) is 13.8 Å². The van der Waals surface area contributed by atoms with Gasteiger partial charge < -0.3 is 9.47 Å². The molecule has 0 N–H and O–H groups in total. The van der Waals surface area contributed by atoms with Crippen molar-refractivity contribution in [2.75, 3.05) is 6.61 Å². The number of hydrogen-bond donors (Lipinski definition) is 0. The number of halogens is 1. The number of fused-ring (bicyclic) bond motifs is 1. The number of ether oxygens (including phenoxy) is 2. The number of carbonyl (C=O) groups excluding carboxylic acids is 2. The molecule has 1 heterocycles. The van der Waals surface area contributed by atoms with E-state index < -0.39 is 11.9 Å². The molecule has 0 radical (unpaired) electrons. The van der Waals surface area contributed by atoms with Crippen LogP contribution in [-0.2, 0) is 25.7 Å². The third-order valence-electron chi connectivity index (χ3n) is 3.55. The quantitative estimate of drug-likeness (QED) is 0.469. The first kappa shape index (κ1) is 17.9. The topological polar surface area (TPSA) is 65.5 Å². The van der Waals surface area contributed by atoms with Crippen molar-refractivity contribution in [3.8, 4) is 0 Å². The Morgan fingerprint density at radius 2 is 1.83 bits per heavy atom. The van der Waals surface area contributed by atoms with E-state index in [0.29, 0.717) is 10.7 Å². The van der Waals surface area contributed by atoms with Gasteiger partial charge in [0.2, 0.25) is 0 Å². The Bertz CT molecular complexity index is 814. The molecule has 0 saturated heterocycles. The summed E-state index contributed by atoms with van der Waals surface area (Å²) < 4.78 is 9.76. The van der Waals surface area contributed by atoms with Crippen LogP contribution < -0.4 is 0 Å². The van der Waals surface area contributed by atoms with Gasteiger partial charge in [0.15, 0.2) is 0 Å². The highest BCUT2D eigenvalue weighted by Crippen LogP contribution is 2.25. The maximum absolute atomic E-state index is 11.6. The average molecular weight is 348 g/mol. The molecule has 0 aliphatic heterocycles. The van der Waals surface area contributed by atoms with Gasteiger partial charge in [-0.3, -0.25) is 0 Å². The Kier molecular flexibility index (Phi) is 5.93. The van der Waals surface area contributed by atoms with E-state index >= 15 is 0 Å². The van der Waals surface area contributed by atoms with Crippen LogP contribution in [-0.4, -0.2) is 23.5 Å². The molecule has 0 amide bonds. The maximum atomic E-state index is 11.6. The summed E-state index contributed by atoms with van der Waals surface area (Å²) in [6.45, 7) is 5.90. The SMILES string of the molecule is CCOC(=O)/C=C/C(=O)OCc1cc2ccc(C)c(C)c2nc1Cl. The van der Waals surface area contributed by atoms with Gasteiger partial charge in [-0.05, 0) is 38.0 Å². The molecule has 0 saturated carbocycles. The number of aryl methyl sites for hydroxylation is 2. The smallest absolute Gasteiger partial charge is 0.331 e. The lowest BCUT2D eigenvalue weighted by Crippen LogP contribution is -2.05. The average Bonchev–Trinajstić information content (AvgIpc) is 2.55. The summed E-state index contributed by atoms with van der Waals surface area (Å²) >= 11 is 6.19. The normalized spacial score (nSPS) is 11.0. The summed E-state index contributed by atoms with van der Waals surface area (Å²) in [5.41, 5.74) is 3.63. The van der Waals surface area contributed by atoms with Gasteiger partial charge in [-0.2, -0.15) is 0 Å². The van der Waals surface area contributed by atoms with E-state index in [0.717, 1.165) is 34.2 Å². The molecule has 0 bridgehead atoms. The van der Waals surface area contributed by atoms with Crippen molar-refractivity contribution in [1.29, 1.82) is 0 Å². The number of rotatable bonds is 5. The molecule has 1 aromatic carbocycles. The second-order valence-corrected chi connectivity index (χ2v) is 5.57. The van der Waals surface area contributed by atoms with E-state index in [4.69, 9.17) is 16.3 Å². The molecule has 0 atom stereocenters. The molecule has 2 aromatic rings. The zero-order chi connectivity index (χ0) is 17.7. The lowest BCUT2D eigenvalue weighted by molar-refractivity contribution is -0.141. The minimum absolute atomic E-state index is 0.0271. The number of hydrogen-bond acceptors (Lipinski definition) is 5. The summed E-state index contributed by atoms with van der Waals surface area (Å²) in [5, 5.41) is 1.22. The van der Waals surface area contributed by atoms with Crippen LogP contribution in [0.1, 0.15) is 23.6 Å². The standard InChI is InChI=1S/C18H18ClNO4/c1-4-23-15(21)7-8-16(22)24-10-14-9-13-6-5-11(2)12(3)17(13)20-18(14)19/h5-9H,4,10H2,1-3H3/b8-7+. The molecular formula is C18H18ClNO4. The monoisotopic (exact) mass is 347 g/mol. The Morgan fingerprint density at radius 3 is 2.50 bits per heavy atom. The van der Waals surface area contributed by atoms with Gasteiger partial charge >= 0.3 is 11.9 Å². The highest BCUT2D eigenvalue weighted by molar-refractivity contribution is 6.30. The van der Waals surface area contributed by atoms with E-state index in [1.165, 1.54) is 0 Å². The molecule has 1 aromatic heterocycles. The van der Waals surface area contributed by atoms with Gasteiger partial charge in [-0.25, -0.2) is 14.6 Å². The van der Waals surface area contributed by atoms with Crippen LogP contribution in [0.2, 0.25) is 5.15 Å². The molecule has 24 heavy (non-hydrogen) atoms. The van der Waals surface area contributed by atoms with Gasteiger partial charge in [-0.1, -0.05) is 23.7 Å². The van der Waals surface area contributed by atoms with Gasteiger partial charge in [0.1, 0.15) is 11.8 Å². The minimum Gasteiger partial charge on any atom is -0.463 e. The van der Waals surface area contributed by atoms with Crippen LogP contribution in [0.15, 0.2) is 30.4 Å². The zero-order valence-electron chi connectivity index (χ0n) is 13.8. The lowest BCUT2D eigenvalue weighted by Gasteiger charge is -2.09. The molecule has 0 spiro atoms. The third kappa shape index (κ3) is 4.32. The van der Waals surface area contributed by atoms with Crippen LogP contribution in [0.25, 0.3) is 10.9 Å². The van der Waals surface area contributed by atoms with Crippen molar-refractivity contribution in [2.45, 2.75) is 27.4 Å². The molecule has 0 unspecified atom stereocenters. The van der Waals surface area contributed by atoms with Crippen molar-refractivity contribution < 1.29 is 19.1 Å². The van der Waals surface area contributed by atoms with E-state index in [9.17, 15) is 9.59 Å². The second-order valence-electron chi connectivity index (χ2n) is 5.21. The van der Waals surface area contributed by atoms with Crippen LogP contribution in [0.3, 0.4) is 0 Å². The molecular weight excluding hydrogens is 330 g/mol. The van der Waals surface area contributed by atoms with Crippen LogP contribution in [0.4, 0.5) is 0 Å². The highest BCUT2D eigenvalue weighted by atomic mass is 35.5. The van der Waals surface area contributed by atoms with Crippen molar-refractivity contribution in [3.05, 3.63) is 52.2 Å². The molecule has 2 rings (SSSR count). The summed E-state index contributed by atoms with van der Waals surface area (Å²) in [7, 11) is 0. The second kappa shape index (κ2) is 7.93. The van der Waals surface area contributed by atoms with Gasteiger partial charge in [-0.15, -0.1) is 0 Å². The van der Waals surface area contributed by atoms with Crippen LogP contribution >= 0.6 is 11.6 Å². The summed E-state index contributed by atoms with van der Waals surface area (Å²) in [4.78, 5) is 27.1. The number of pyridine rings is 1. The minimum atomic E-state index is -0.653. The van der Waals surface area contributed by atoms with Crippen molar-refractivity contribution in [2.24, 2.45) is 0 Å². The Hall–Kier alpha value is -2.40. The summed E-state index contributed by atoms with van der Waals surface area (Å²) in [6, 6.07) is 5.80. The van der Waals surface area contributed by atoms with Crippen molar-refractivity contribution in [3.63, 3.8) is 0 Å². The van der Waals surface area contributed by atoms with Crippen molar-refractivity contribution in [1.82, 2.24) is 4.98 Å². The van der Waals surface area contributed by atoms with Gasteiger partial charge in [0, 0.05) is 23.1 Å². The first-order valence-electron chi connectivity index (χ1n) is 7.49. The van der Waals surface area contributed by atoms with E-state index in [2.05, 4.69) is 9.72 Å². The molecule has 0 fully saturated rings. The Balaban J connectivity index is 2.10. The number of aromatic nitrogens is 1. The fourth-order valence-electron chi connectivity index (χ4n) is 2.13. The fourth-order valence-corrected chi connectivity index (χ4v) is 2.32. The first-order valence-corrected chi connectivity index (χ1v) is 7.87. The van der Waals surface area contributed by atoms with Crippen LogP contribution in [0.5, 0.6) is 0 Å². The largest absolute Gasteiger partial charge is 0.463 e. The third-order valence-corrected chi connectivity index (χ3v) is 3.88. The summed E-state index contributed by atoms with van der Waals surface area (Å²) in [6.07, 6.45) is 2.05. The number of nitrogens with zero attached hydrogens (tertiary/aromatic N) is 1. The predicted octanol–water partition coefficient (Wildman–Crippen LogP) is 3.67. The zero-order valence-corrected chi connectivity index (χ0v) is 14.5. The van der Waals surface area contributed by atoms with E-state index in [1.54, 1.807) is 6.92 Å². The molecule has 6 heteroatoms. The van der Waals surface area contributed by atoms with Gasteiger partial charge in [0.25, 0.3) is 0 Å². The fraction of sp³-hybridized carbons (Fsp3) is 0.278. The predicted molar refractivity (Wildman–Crippen MR) is 91.8 cm³/mol. The number of benzene rings is 1. The number of carbonyl (C=O) groups is 2. The Labute approximate surface area is 145 Å². The lowest BCUT2D eigenvalue weighted by atomic mass is 10.0.